The summed E-state index contributed by atoms with van der Waals surface area (Å²) in [7, 11) is 0. The standard InChI is InChI=1S/C13H9BrF3NO/c1-8-12(11(5-6-18-8)13(15,16)17)19-10-4-2-3-9(14)7-10/h2-7H,1H3. The topological polar surface area (TPSA) is 22.1 Å². The molecule has 0 spiro atoms. The zero-order valence-electron chi connectivity index (χ0n) is 9.83. The Kier molecular flexibility index (Phi) is 3.80. The fraction of sp³-hybridized carbons (Fsp3) is 0.154. The molecular weight excluding hydrogens is 323 g/mol. The minimum Gasteiger partial charge on any atom is -0.455 e. The van der Waals surface area contributed by atoms with E-state index in [1.807, 2.05) is 0 Å². The first-order valence-corrected chi connectivity index (χ1v) is 6.13. The van der Waals surface area contributed by atoms with Crippen LogP contribution in [0.4, 0.5) is 13.2 Å². The number of rotatable bonds is 2. The van der Waals surface area contributed by atoms with Gasteiger partial charge in [-0.2, -0.15) is 13.2 Å². The number of hydrogen-bond donors (Lipinski definition) is 0. The van der Waals surface area contributed by atoms with Gasteiger partial charge in [-0.25, -0.2) is 0 Å². The summed E-state index contributed by atoms with van der Waals surface area (Å²) >= 11 is 3.23. The van der Waals surface area contributed by atoms with Crippen molar-refractivity contribution in [2.24, 2.45) is 0 Å². The third-order valence-electron chi connectivity index (χ3n) is 2.40. The normalized spacial score (nSPS) is 11.4. The van der Waals surface area contributed by atoms with Crippen LogP contribution >= 0.6 is 15.9 Å². The molecule has 0 saturated carbocycles. The average Bonchev–Trinajstić information content (AvgIpc) is 2.30. The number of ether oxygens (including phenoxy) is 1. The lowest BCUT2D eigenvalue weighted by atomic mass is 10.2. The van der Waals surface area contributed by atoms with Gasteiger partial charge in [0.05, 0.1) is 5.69 Å². The molecule has 1 aromatic heterocycles. The third kappa shape index (κ3) is 3.26. The number of aromatic nitrogens is 1. The summed E-state index contributed by atoms with van der Waals surface area (Å²) in [6.45, 7) is 1.47. The molecule has 19 heavy (non-hydrogen) atoms. The molecule has 2 nitrogen and oxygen atoms in total. The van der Waals surface area contributed by atoms with Gasteiger partial charge >= 0.3 is 6.18 Å². The zero-order chi connectivity index (χ0) is 14.0. The lowest BCUT2D eigenvalue weighted by Gasteiger charge is -2.15. The molecule has 2 aromatic rings. The van der Waals surface area contributed by atoms with E-state index in [4.69, 9.17) is 4.74 Å². The molecule has 0 N–H and O–H groups in total. The van der Waals surface area contributed by atoms with E-state index in [1.165, 1.54) is 6.92 Å². The molecule has 0 atom stereocenters. The molecule has 0 unspecified atom stereocenters. The van der Waals surface area contributed by atoms with Gasteiger partial charge < -0.3 is 4.74 Å². The van der Waals surface area contributed by atoms with E-state index < -0.39 is 11.7 Å². The van der Waals surface area contributed by atoms with Crippen molar-refractivity contribution < 1.29 is 17.9 Å². The van der Waals surface area contributed by atoms with Gasteiger partial charge in [0, 0.05) is 10.7 Å². The van der Waals surface area contributed by atoms with Crippen LogP contribution in [0.25, 0.3) is 0 Å². The maximum Gasteiger partial charge on any atom is 0.420 e. The van der Waals surface area contributed by atoms with Crippen LogP contribution in [0, 0.1) is 6.92 Å². The van der Waals surface area contributed by atoms with Crippen LogP contribution in [0.2, 0.25) is 0 Å². The molecule has 0 bridgehead atoms. The van der Waals surface area contributed by atoms with Crippen molar-refractivity contribution in [2.45, 2.75) is 13.1 Å². The average molecular weight is 332 g/mol. The SMILES string of the molecule is Cc1nccc(C(F)(F)F)c1Oc1cccc(Br)c1. The van der Waals surface area contributed by atoms with Crippen LogP contribution in [0.3, 0.4) is 0 Å². The van der Waals surface area contributed by atoms with Crippen molar-refractivity contribution in [3.63, 3.8) is 0 Å². The first-order chi connectivity index (χ1) is 8.88. The molecule has 0 radical (unpaired) electrons. The van der Waals surface area contributed by atoms with Crippen molar-refractivity contribution in [2.75, 3.05) is 0 Å². The van der Waals surface area contributed by atoms with Crippen LogP contribution in [-0.4, -0.2) is 4.98 Å². The summed E-state index contributed by atoms with van der Waals surface area (Å²) in [5.74, 6) is 0.0454. The largest absolute Gasteiger partial charge is 0.455 e. The number of aryl methyl sites for hydroxylation is 1. The summed E-state index contributed by atoms with van der Waals surface area (Å²) in [4.78, 5) is 3.84. The van der Waals surface area contributed by atoms with Gasteiger partial charge in [0.2, 0.25) is 0 Å². The van der Waals surface area contributed by atoms with Gasteiger partial charge in [-0.15, -0.1) is 0 Å². The highest BCUT2D eigenvalue weighted by Crippen LogP contribution is 2.39. The van der Waals surface area contributed by atoms with Crippen LogP contribution in [0.5, 0.6) is 11.5 Å². The second-order valence-corrected chi connectivity index (χ2v) is 4.75. The summed E-state index contributed by atoms with van der Waals surface area (Å²) in [6.07, 6.45) is -3.36. The Morgan fingerprint density at radius 1 is 1.21 bits per heavy atom. The molecule has 0 saturated heterocycles. The molecule has 1 heterocycles. The van der Waals surface area contributed by atoms with E-state index in [2.05, 4.69) is 20.9 Å². The maximum absolute atomic E-state index is 12.9. The van der Waals surface area contributed by atoms with E-state index >= 15 is 0 Å². The number of hydrogen-bond acceptors (Lipinski definition) is 2. The quantitative estimate of drug-likeness (QED) is 0.775. The van der Waals surface area contributed by atoms with Crippen LogP contribution in [0.1, 0.15) is 11.3 Å². The molecule has 2 rings (SSSR count). The highest BCUT2D eigenvalue weighted by Gasteiger charge is 2.35. The Balaban J connectivity index is 2.45. The summed E-state index contributed by atoms with van der Waals surface area (Å²) in [5, 5.41) is 0. The van der Waals surface area contributed by atoms with Crippen molar-refractivity contribution >= 4 is 15.9 Å². The molecule has 0 aliphatic carbocycles. The predicted molar refractivity (Wildman–Crippen MR) is 68.2 cm³/mol. The van der Waals surface area contributed by atoms with Crippen LogP contribution in [-0.2, 0) is 6.18 Å². The lowest BCUT2D eigenvalue weighted by Crippen LogP contribution is -2.08. The number of pyridine rings is 1. The van der Waals surface area contributed by atoms with Crippen molar-refractivity contribution in [3.05, 3.63) is 52.3 Å². The molecule has 0 amide bonds. The maximum atomic E-state index is 12.9. The Morgan fingerprint density at radius 3 is 2.58 bits per heavy atom. The van der Waals surface area contributed by atoms with Gasteiger partial charge in [-0.05, 0) is 31.2 Å². The van der Waals surface area contributed by atoms with Gasteiger partial charge in [0.1, 0.15) is 11.3 Å². The first-order valence-electron chi connectivity index (χ1n) is 5.34. The fourth-order valence-corrected chi connectivity index (χ4v) is 1.93. The Labute approximate surface area is 116 Å². The Bertz CT molecular complexity index is 599. The van der Waals surface area contributed by atoms with Gasteiger partial charge in [-0.3, -0.25) is 4.98 Å². The predicted octanol–water partition coefficient (Wildman–Crippen LogP) is 4.96. The van der Waals surface area contributed by atoms with E-state index in [9.17, 15) is 13.2 Å². The molecular formula is C13H9BrF3NO. The molecule has 0 aliphatic rings. The van der Waals surface area contributed by atoms with E-state index in [1.54, 1.807) is 24.3 Å². The minimum atomic E-state index is -4.48. The van der Waals surface area contributed by atoms with Crippen molar-refractivity contribution in [3.8, 4) is 11.5 Å². The Hall–Kier alpha value is -1.56. The van der Waals surface area contributed by atoms with Gasteiger partial charge in [0.25, 0.3) is 0 Å². The first kappa shape index (κ1) is 13.9. The van der Waals surface area contributed by atoms with Gasteiger partial charge in [-0.1, -0.05) is 22.0 Å². The zero-order valence-corrected chi connectivity index (χ0v) is 11.4. The van der Waals surface area contributed by atoms with Crippen molar-refractivity contribution in [1.82, 2.24) is 4.98 Å². The van der Waals surface area contributed by atoms with E-state index in [0.29, 0.717) is 5.75 Å². The fourth-order valence-electron chi connectivity index (χ4n) is 1.55. The molecule has 100 valence electrons. The molecule has 0 fully saturated rings. The number of benzene rings is 1. The number of nitrogens with zero attached hydrogens (tertiary/aromatic N) is 1. The highest BCUT2D eigenvalue weighted by molar-refractivity contribution is 9.10. The Morgan fingerprint density at radius 2 is 1.95 bits per heavy atom. The highest BCUT2D eigenvalue weighted by atomic mass is 79.9. The lowest BCUT2D eigenvalue weighted by molar-refractivity contribution is -0.138. The second kappa shape index (κ2) is 5.21. The monoisotopic (exact) mass is 331 g/mol. The summed E-state index contributed by atoms with van der Waals surface area (Å²) in [6, 6.07) is 7.51. The summed E-state index contributed by atoms with van der Waals surface area (Å²) < 4.78 is 44.7. The number of alkyl halides is 3. The van der Waals surface area contributed by atoms with E-state index in [0.717, 1.165) is 16.7 Å². The van der Waals surface area contributed by atoms with Crippen molar-refractivity contribution in [1.29, 1.82) is 0 Å². The minimum absolute atomic E-state index is 0.190. The van der Waals surface area contributed by atoms with E-state index in [-0.39, 0.29) is 11.4 Å². The third-order valence-corrected chi connectivity index (χ3v) is 2.90. The van der Waals surface area contributed by atoms with Crippen LogP contribution in [0.15, 0.2) is 41.0 Å². The number of halogens is 4. The summed E-state index contributed by atoms with van der Waals surface area (Å²) in [5.41, 5.74) is -0.644. The second-order valence-electron chi connectivity index (χ2n) is 3.83. The molecule has 0 aliphatic heterocycles. The van der Waals surface area contributed by atoms with Crippen LogP contribution < -0.4 is 4.74 Å². The smallest absolute Gasteiger partial charge is 0.420 e. The molecule has 6 heteroatoms. The molecule has 1 aromatic carbocycles. The van der Waals surface area contributed by atoms with Gasteiger partial charge in [0.15, 0.2) is 5.75 Å².